The van der Waals surface area contributed by atoms with Gasteiger partial charge in [0.25, 0.3) is 0 Å². The summed E-state index contributed by atoms with van der Waals surface area (Å²) in [5.74, 6) is -0.910. The lowest BCUT2D eigenvalue weighted by Crippen LogP contribution is -2.18. The lowest BCUT2D eigenvalue weighted by molar-refractivity contribution is -0.140. The fourth-order valence-corrected chi connectivity index (χ4v) is 1.76. The van der Waals surface area contributed by atoms with Gasteiger partial charge in [0.15, 0.2) is 4.67 Å². The molecule has 1 heterocycles. The van der Waals surface area contributed by atoms with E-state index in [0.29, 0.717) is 16.9 Å². The zero-order valence-electron chi connectivity index (χ0n) is 9.08. The van der Waals surface area contributed by atoms with Crippen LogP contribution in [-0.4, -0.2) is 11.1 Å². The summed E-state index contributed by atoms with van der Waals surface area (Å²) in [6, 6.07) is 3.42. The van der Waals surface area contributed by atoms with Gasteiger partial charge in [-0.3, -0.25) is 4.79 Å². The molecule has 1 N–H and O–H groups in total. The number of carbonyl (C=O) groups is 1. The standard InChI is InChI=1S/C11H15BrO3/c1-11(2,3)6-7(10(13)14)8-4-5-9(12)15-8/h4-5,7H,6H2,1-3H3,(H,13,14). The van der Waals surface area contributed by atoms with E-state index in [1.165, 1.54) is 0 Å². The van der Waals surface area contributed by atoms with Gasteiger partial charge in [0.05, 0.1) is 0 Å². The molecule has 4 heteroatoms. The van der Waals surface area contributed by atoms with Crippen molar-refractivity contribution in [1.29, 1.82) is 0 Å². The number of halogens is 1. The molecule has 0 aliphatic rings. The summed E-state index contributed by atoms with van der Waals surface area (Å²) >= 11 is 3.17. The van der Waals surface area contributed by atoms with E-state index >= 15 is 0 Å². The normalized spacial score (nSPS) is 13.9. The zero-order valence-corrected chi connectivity index (χ0v) is 10.7. The van der Waals surface area contributed by atoms with Crippen LogP contribution in [0.5, 0.6) is 0 Å². The van der Waals surface area contributed by atoms with E-state index in [0.717, 1.165) is 0 Å². The molecule has 1 aromatic rings. The van der Waals surface area contributed by atoms with Crippen LogP contribution < -0.4 is 0 Å². The van der Waals surface area contributed by atoms with Gasteiger partial charge in [0, 0.05) is 0 Å². The quantitative estimate of drug-likeness (QED) is 0.916. The minimum Gasteiger partial charge on any atom is -0.481 e. The fraction of sp³-hybridized carbons (Fsp3) is 0.545. The Morgan fingerprint density at radius 1 is 1.53 bits per heavy atom. The summed E-state index contributed by atoms with van der Waals surface area (Å²) in [5, 5.41) is 9.12. The molecule has 0 spiro atoms. The summed E-state index contributed by atoms with van der Waals surface area (Å²) < 4.78 is 5.86. The predicted octanol–water partition coefficient (Wildman–Crippen LogP) is 3.65. The number of carboxylic acid groups (broad SMARTS) is 1. The Hall–Kier alpha value is -0.770. The topological polar surface area (TPSA) is 50.4 Å². The molecule has 0 aliphatic carbocycles. The van der Waals surface area contributed by atoms with Crippen LogP contribution in [0.25, 0.3) is 0 Å². The fourth-order valence-electron chi connectivity index (χ4n) is 1.44. The van der Waals surface area contributed by atoms with Crippen molar-refractivity contribution in [3.63, 3.8) is 0 Å². The largest absolute Gasteiger partial charge is 0.481 e. The highest BCUT2D eigenvalue weighted by atomic mass is 79.9. The molecule has 0 aromatic carbocycles. The van der Waals surface area contributed by atoms with Gasteiger partial charge in [-0.2, -0.15) is 0 Å². The summed E-state index contributed by atoms with van der Waals surface area (Å²) in [5.41, 5.74) is -0.0394. The van der Waals surface area contributed by atoms with Gasteiger partial charge in [-0.1, -0.05) is 20.8 Å². The monoisotopic (exact) mass is 274 g/mol. The Bertz CT molecular complexity index is 349. The Balaban J connectivity index is 2.89. The van der Waals surface area contributed by atoms with Crippen LogP contribution in [0.4, 0.5) is 0 Å². The Kier molecular flexibility index (Phi) is 3.60. The smallest absolute Gasteiger partial charge is 0.314 e. The second-order valence-electron chi connectivity index (χ2n) is 4.80. The minimum absolute atomic E-state index is 0.0394. The summed E-state index contributed by atoms with van der Waals surface area (Å²) in [4.78, 5) is 11.1. The van der Waals surface area contributed by atoms with Crippen molar-refractivity contribution in [2.45, 2.75) is 33.1 Å². The third kappa shape index (κ3) is 3.70. The van der Waals surface area contributed by atoms with E-state index in [-0.39, 0.29) is 5.41 Å². The highest BCUT2D eigenvalue weighted by molar-refractivity contribution is 9.10. The van der Waals surface area contributed by atoms with E-state index in [1.54, 1.807) is 12.1 Å². The number of carboxylic acids is 1. The number of aliphatic carboxylic acids is 1. The maximum atomic E-state index is 11.1. The van der Waals surface area contributed by atoms with Gasteiger partial charge in [0.1, 0.15) is 11.7 Å². The molecule has 1 rings (SSSR count). The van der Waals surface area contributed by atoms with Crippen molar-refractivity contribution in [1.82, 2.24) is 0 Å². The summed E-state index contributed by atoms with van der Waals surface area (Å²) in [7, 11) is 0. The maximum Gasteiger partial charge on any atom is 0.314 e. The van der Waals surface area contributed by atoms with Gasteiger partial charge < -0.3 is 9.52 Å². The Morgan fingerprint density at radius 3 is 2.47 bits per heavy atom. The molecule has 0 saturated heterocycles. The van der Waals surface area contributed by atoms with Crippen LogP contribution in [0.2, 0.25) is 0 Å². The molecule has 0 fully saturated rings. The van der Waals surface area contributed by atoms with Crippen molar-refractivity contribution in [2.75, 3.05) is 0 Å². The van der Waals surface area contributed by atoms with Crippen LogP contribution in [-0.2, 0) is 4.79 Å². The SMILES string of the molecule is CC(C)(C)CC(C(=O)O)c1ccc(Br)o1. The highest BCUT2D eigenvalue weighted by Gasteiger charge is 2.28. The van der Waals surface area contributed by atoms with E-state index in [9.17, 15) is 4.79 Å². The van der Waals surface area contributed by atoms with Gasteiger partial charge in [0.2, 0.25) is 0 Å². The number of rotatable bonds is 3. The molecule has 0 amide bonds. The van der Waals surface area contributed by atoms with Crippen molar-refractivity contribution < 1.29 is 14.3 Å². The second-order valence-corrected chi connectivity index (χ2v) is 5.58. The number of hydrogen-bond acceptors (Lipinski definition) is 2. The van der Waals surface area contributed by atoms with Crippen LogP contribution in [0.15, 0.2) is 21.2 Å². The molecule has 1 atom stereocenters. The van der Waals surface area contributed by atoms with Crippen LogP contribution in [0.1, 0.15) is 38.9 Å². The molecule has 1 aromatic heterocycles. The first-order valence-corrected chi connectivity index (χ1v) is 5.57. The van der Waals surface area contributed by atoms with Crippen LogP contribution >= 0.6 is 15.9 Å². The van der Waals surface area contributed by atoms with E-state index in [1.807, 2.05) is 20.8 Å². The first-order valence-electron chi connectivity index (χ1n) is 4.77. The highest BCUT2D eigenvalue weighted by Crippen LogP contribution is 2.33. The van der Waals surface area contributed by atoms with Crippen molar-refractivity contribution >= 4 is 21.9 Å². The average Bonchev–Trinajstić information content (AvgIpc) is 2.45. The first kappa shape index (κ1) is 12.3. The lowest BCUT2D eigenvalue weighted by Gasteiger charge is -2.21. The third-order valence-electron chi connectivity index (χ3n) is 2.05. The molecule has 1 unspecified atom stereocenters. The maximum absolute atomic E-state index is 11.1. The molecule has 0 radical (unpaired) electrons. The molecular weight excluding hydrogens is 260 g/mol. The van der Waals surface area contributed by atoms with E-state index < -0.39 is 11.9 Å². The minimum atomic E-state index is -0.841. The first-order chi connectivity index (χ1) is 6.79. The van der Waals surface area contributed by atoms with Gasteiger partial charge in [-0.05, 0) is 39.9 Å². The van der Waals surface area contributed by atoms with Crippen LogP contribution in [0, 0.1) is 5.41 Å². The second kappa shape index (κ2) is 4.39. The summed E-state index contributed by atoms with van der Waals surface area (Å²) in [6.45, 7) is 6.04. The zero-order chi connectivity index (χ0) is 11.6. The van der Waals surface area contributed by atoms with Gasteiger partial charge >= 0.3 is 5.97 Å². The number of hydrogen-bond donors (Lipinski definition) is 1. The Labute approximate surface area is 97.6 Å². The average molecular weight is 275 g/mol. The Morgan fingerprint density at radius 2 is 2.13 bits per heavy atom. The molecule has 0 saturated carbocycles. The molecule has 3 nitrogen and oxygen atoms in total. The van der Waals surface area contributed by atoms with Crippen molar-refractivity contribution in [2.24, 2.45) is 5.41 Å². The third-order valence-corrected chi connectivity index (χ3v) is 2.48. The molecular formula is C11H15BrO3. The van der Waals surface area contributed by atoms with Crippen molar-refractivity contribution in [3.8, 4) is 0 Å². The predicted molar refractivity (Wildman–Crippen MR) is 60.9 cm³/mol. The van der Waals surface area contributed by atoms with Gasteiger partial charge in [-0.15, -0.1) is 0 Å². The summed E-state index contributed by atoms with van der Waals surface area (Å²) in [6.07, 6.45) is 0.558. The van der Waals surface area contributed by atoms with Crippen molar-refractivity contribution in [3.05, 3.63) is 22.6 Å². The molecule has 15 heavy (non-hydrogen) atoms. The molecule has 0 bridgehead atoms. The van der Waals surface area contributed by atoms with Crippen LogP contribution in [0.3, 0.4) is 0 Å². The molecule has 0 aliphatic heterocycles. The van der Waals surface area contributed by atoms with E-state index in [4.69, 9.17) is 9.52 Å². The lowest BCUT2D eigenvalue weighted by atomic mass is 9.83. The van der Waals surface area contributed by atoms with Gasteiger partial charge in [-0.25, -0.2) is 0 Å². The van der Waals surface area contributed by atoms with E-state index in [2.05, 4.69) is 15.9 Å². The number of furan rings is 1. The molecule has 84 valence electrons.